The van der Waals surface area contributed by atoms with Gasteiger partial charge in [-0.05, 0) is 25.0 Å². The van der Waals surface area contributed by atoms with Crippen LogP contribution in [-0.2, 0) is 4.79 Å². The first-order valence-corrected chi connectivity index (χ1v) is 6.36. The minimum absolute atomic E-state index is 0.000720. The summed E-state index contributed by atoms with van der Waals surface area (Å²) in [7, 11) is 1.69. The molecule has 0 unspecified atom stereocenters. The van der Waals surface area contributed by atoms with E-state index in [1.54, 1.807) is 22.9 Å². The van der Waals surface area contributed by atoms with Crippen LogP contribution in [0.5, 0.6) is 0 Å². The van der Waals surface area contributed by atoms with Crippen molar-refractivity contribution in [2.75, 3.05) is 31.6 Å². The van der Waals surface area contributed by atoms with Crippen molar-refractivity contribution < 1.29 is 14.0 Å². The molecular weight excluding hydrogens is 247 g/mol. The van der Waals surface area contributed by atoms with Gasteiger partial charge in [-0.1, -0.05) is 6.07 Å². The van der Waals surface area contributed by atoms with Gasteiger partial charge in [-0.3, -0.25) is 9.59 Å². The van der Waals surface area contributed by atoms with E-state index in [0.29, 0.717) is 12.0 Å². The number of hydrogen-bond acceptors (Lipinski definition) is 3. The van der Waals surface area contributed by atoms with Gasteiger partial charge in [-0.25, -0.2) is 4.39 Å². The summed E-state index contributed by atoms with van der Waals surface area (Å²) >= 11 is 0. The van der Waals surface area contributed by atoms with Crippen LogP contribution < -0.4 is 4.90 Å². The van der Waals surface area contributed by atoms with E-state index >= 15 is 0 Å². The van der Waals surface area contributed by atoms with Gasteiger partial charge < -0.3 is 9.80 Å². The minimum atomic E-state index is -0.562. The molecule has 5 heteroatoms. The van der Waals surface area contributed by atoms with Gasteiger partial charge in [0.05, 0.1) is 17.8 Å². The normalized spacial score (nSPS) is 14.5. The van der Waals surface area contributed by atoms with Crippen molar-refractivity contribution in [2.45, 2.75) is 12.8 Å². The van der Waals surface area contributed by atoms with Crippen LogP contribution in [0.2, 0.25) is 0 Å². The van der Waals surface area contributed by atoms with Crippen molar-refractivity contribution in [3.8, 4) is 0 Å². The topological polar surface area (TPSA) is 40.6 Å². The lowest BCUT2D eigenvalue weighted by atomic mass is 10.1. The standard InChI is InChI=1S/C14H17FN2O2/c1-16(9-14(19)17-7-2-3-8-17)13-6-4-5-12(15)11(13)10-18/h4-6,10H,2-3,7-9H2,1H3. The van der Waals surface area contributed by atoms with E-state index in [1.807, 2.05) is 0 Å². The van der Waals surface area contributed by atoms with Crippen molar-refractivity contribution in [3.63, 3.8) is 0 Å². The zero-order chi connectivity index (χ0) is 13.8. The van der Waals surface area contributed by atoms with Crippen LogP contribution in [0.3, 0.4) is 0 Å². The maximum Gasteiger partial charge on any atom is 0.242 e. The summed E-state index contributed by atoms with van der Waals surface area (Å²) in [6, 6.07) is 4.42. The Balaban J connectivity index is 2.11. The molecule has 102 valence electrons. The molecule has 0 spiro atoms. The van der Waals surface area contributed by atoms with Gasteiger partial charge in [0.15, 0.2) is 6.29 Å². The van der Waals surface area contributed by atoms with Crippen molar-refractivity contribution >= 4 is 17.9 Å². The second kappa shape index (κ2) is 5.82. The highest BCUT2D eigenvalue weighted by Gasteiger charge is 2.20. The highest BCUT2D eigenvalue weighted by molar-refractivity contribution is 5.88. The monoisotopic (exact) mass is 264 g/mol. The number of nitrogens with zero attached hydrogens (tertiary/aromatic N) is 2. The molecule has 1 aromatic carbocycles. The molecule has 0 aliphatic carbocycles. The van der Waals surface area contributed by atoms with Crippen molar-refractivity contribution in [3.05, 3.63) is 29.6 Å². The van der Waals surface area contributed by atoms with Gasteiger partial charge in [0.2, 0.25) is 5.91 Å². The maximum absolute atomic E-state index is 13.5. The Morgan fingerprint density at radius 3 is 2.74 bits per heavy atom. The first-order chi connectivity index (χ1) is 9.13. The molecule has 0 saturated carbocycles. The van der Waals surface area contributed by atoms with Crippen LogP contribution >= 0.6 is 0 Å². The van der Waals surface area contributed by atoms with Crippen LogP contribution in [0.15, 0.2) is 18.2 Å². The zero-order valence-electron chi connectivity index (χ0n) is 10.9. The SMILES string of the molecule is CN(CC(=O)N1CCCC1)c1cccc(F)c1C=O. The number of hydrogen-bond donors (Lipinski definition) is 0. The molecule has 0 radical (unpaired) electrons. The van der Waals surface area contributed by atoms with E-state index in [0.717, 1.165) is 25.9 Å². The third-order valence-electron chi connectivity index (χ3n) is 3.39. The fourth-order valence-corrected chi connectivity index (χ4v) is 2.33. The first kappa shape index (κ1) is 13.5. The number of aldehydes is 1. The third kappa shape index (κ3) is 2.92. The highest BCUT2D eigenvalue weighted by atomic mass is 19.1. The molecule has 1 heterocycles. The summed E-state index contributed by atoms with van der Waals surface area (Å²) in [6.45, 7) is 1.73. The van der Waals surface area contributed by atoms with Crippen molar-refractivity contribution in [1.29, 1.82) is 0 Å². The number of halogens is 1. The number of carbonyl (C=O) groups is 2. The Labute approximate surface area is 111 Å². The molecule has 0 aromatic heterocycles. The molecular formula is C14H17FN2O2. The molecule has 19 heavy (non-hydrogen) atoms. The van der Waals surface area contributed by atoms with Crippen LogP contribution in [0, 0.1) is 5.82 Å². The molecule has 0 atom stereocenters. The lowest BCUT2D eigenvalue weighted by Crippen LogP contribution is -2.37. The Morgan fingerprint density at radius 2 is 2.11 bits per heavy atom. The molecule has 1 amide bonds. The zero-order valence-corrected chi connectivity index (χ0v) is 10.9. The van der Waals surface area contributed by atoms with Crippen molar-refractivity contribution in [2.24, 2.45) is 0 Å². The van der Waals surface area contributed by atoms with E-state index in [4.69, 9.17) is 0 Å². The fourth-order valence-electron chi connectivity index (χ4n) is 2.33. The number of anilines is 1. The molecule has 1 fully saturated rings. The van der Waals surface area contributed by atoms with Gasteiger partial charge >= 0.3 is 0 Å². The molecule has 0 bridgehead atoms. The summed E-state index contributed by atoms with van der Waals surface area (Å²) in [6.07, 6.45) is 2.56. The van der Waals surface area contributed by atoms with E-state index in [2.05, 4.69) is 0 Å². The maximum atomic E-state index is 13.5. The smallest absolute Gasteiger partial charge is 0.242 e. The predicted molar refractivity (Wildman–Crippen MR) is 70.9 cm³/mol. The highest BCUT2D eigenvalue weighted by Crippen LogP contribution is 2.20. The molecule has 1 aromatic rings. The second-order valence-electron chi connectivity index (χ2n) is 4.73. The lowest BCUT2D eigenvalue weighted by Gasteiger charge is -2.23. The quantitative estimate of drug-likeness (QED) is 0.777. The van der Waals surface area contributed by atoms with Gasteiger partial charge in [-0.15, -0.1) is 0 Å². The van der Waals surface area contributed by atoms with Gasteiger partial charge in [0, 0.05) is 20.1 Å². The number of benzene rings is 1. The Hall–Kier alpha value is -1.91. The Bertz CT molecular complexity index is 484. The summed E-state index contributed by atoms with van der Waals surface area (Å²) in [5.41, 5.74) is 0.446. The molecule has 0 N–H and O–H groups in total. The Morgan fingerprint density at radius 1 is 1.42 bits per heavy atom. The van der Waals surface area contributed by atoms with Gasteiger partial charge in [0.1, 0.15) is 5.82 Å². The number of rotatable bonds is 4. The largest absolute Gasteiger partial charge is 0.365 e. The van der Waals surface area contributed by atoms with E-state index in [-0.39, 0.29) is 18.0 Å². The van der Waals surface area contributed by atoms with Crippen LogP contribution in [0.25, 0.3) is 0 Å². The van der Waals surface area contributed by atoms with Crippen molar-refractivity contribution in [1.82, 2.24) is 4.90 Å². The predicted octanol–water partition coefficient (Wildman–Crippen LogP) is 1.70. The summed E-state index contributed by atoms with van der Waals surface area (Å²) in [5.74, 6) is -0.547. The second-order valence-corrected chi connectivity index (χ2v) is 4.73. The summed E-state index contributed by atoms with van der Waals surface area (Å²) in [4.78, 5) is 26.4. The third-order valence-corrected chi connectivity index (χ3v) is 3.39. The van der Waals surface area contributed by atoms with Crippen LogP contribution in [0.1, 0.15) is 23.2 Å². The molecule has 1 saturated heterocycles. The average Bonchev–Trinajstić information content (AvgIpc) is 2.92. The summed E-state index contributed by atoms with van der Waals surface area (Å²) in [5, 5.41) is 0. The summed E-state index contributed by atoms with van der Waals surface area (Å²) < 4.78 is 13.5. The first-order valence-electron chi connectivity index (χ1n) is 6.36. The van der Waals surface area contributed by atoms with Gasteiger partial charge in [-0.2, -0.15) is 0 Å². The molecule has 4 nitrogen and oxygen atoms in total. The fraction of sp³-hybridized carbons (Fsp3) is 0.429. The number of likely N-dealkylation sites (tertiary alicyclic amines) is 1. The van der Waals surface area contributed by atoms with Crippen LogP contribution in [-0.4, -0.2) is 43.8 Å². The van der Waals surface area contributed by atoms with Crippen LogP contribution in [0.4, 0.5) is 10.1 Å². The minimum Gasteiger partial charge on any atom is -0.365 e. The molecule has 2 rings (SSSR count). The van der Waals surface area contributed by atoms with E-state index < -0.39 is 5.82 Å². The van der Waals surface area contributed by atoms with E-state index in [9.17, 15) is 14.0 Å². The lowest BCUT2D eigenvalue weighted by molar-refractivity contribution is -0.128. The number of carbonyl (C=O) groups excluding carboxylic acids is 2. The van der Waals surface area contributed by atoms with Gasteiger partial charge in [0.25, 0.3) is 0 Å². The molecule has 1 aliphatic heterocycles. The number of amides is 1. The number of likely N-dealkylation sites (N-methyl/N-ethyl adjacent to an activating group) is 1. The molecule has 1 aliphatic rings. The van der Waals surface area contributed by atoms with E-state index in [1.165, 1.54) is 12.1 Å². The Kier molecular flexibility index (Phi) is 4.14. The average molecular weight is 264 g/mol.